The van der Waals surface area contributed by atoms with Crippen molar-refractivity contribution in [1.82, 2.24) is 9.78 Å². The molecule has 134 valence electrons. The zero-order valence-corrected chi connectivity index (χ0v) is 15.0. The van der Waals surface area contributed by atoms with Crippen molar-refractivity contribution < 1.29 is 14.3 Å². The third-order valence-electron chi connectivity index (χ3n) is 3.92. The second kappa shape index (κ2) is 7.74. The van der Waals surface area contributed by atoms with Crippen LogP contribution in [0.1, 0.15) is 21.5 Å². The zero-order valence-electron chi connectivity index (χ0n) is 15.0. The van der Waals surface area contributed by atoms with Gasteiger partial charge in [-0.05, 0) is 24.6 Å². The summed E-state index contributed by atoms with van der Waals surface area (Å²) in [7, 11) is 3.09. The first-order chi connectivity index (χ1) is 12.6. The number of nitrogens with zero attached hydrogens (tertiary/aromatic N) is 2. The Kier molecular flexibility index (Phi) is 5.22. The van der Waals surface area contributed by atoms with Crippen LogP contribution < -0.4 is 14.8 Å². The summed E-state index contributed by atoms with van der Waals surface area (Å²) in [6.45, 7) is 2.70. The van der Waals surface area contributed by atoms with Gasteiger partial charge in [-0.1, -0.05) is 29.8 Å². The predicted molar refractivity (Wildman–Crippen MR) is 100 cm³/mol. The monoisotopic (exact) mass is 351 g/mol. The van der Waals surface area contributed by atoms with Crippen molar-refractivity contribution in [2.24, 2.45) is 0 Å². The first-order valence-electron chi connectivity index (χ1n) is 8.21. The summed E-state index contributed by atoms with van der Waals surface area (Å²) in [5.41, 5.74) is 2.80. The van der Waals surface area contributed by atoms with Crippen molar-refractivity contribution in [2.75, 3.05) is 19.5 Å². The zero-order chi connectivity index (χ0) is 18.5. The van der Waals surface area contributed by atoms with E-state index < -0.39 is 0 Å². The van der Waals surface area contributed by atoms with Crippen LogP contribution in [0.4, 0.5) is 5.82 Å². The molecule has 6 heteroatoms. The molecule has 6 nitrogen and oxygen atoms in total. The number of methoxy groups -OCH3 is 2. The number of hydrogen-bond acceptors (Lipinski definition) is 4. The Balaban J connectivity index is 1.71. The molecule has 26 heavy (non-hydrogen) atoms. The number of benzene rings is 2. The molecule has 1 heterocycles. The van der Waals surface area contributed by atoms with E-state index in [-0.39, 0.29) is 5.91 Å². The average Bonchev–Trinajstić information content (AvgIpc) is 3.07. The molecule has 1 N–H and O–H groups in total. The number of hydrogen-bond donors (Lipinski definition) is 1. The van der Waals surface area contributed by atoms with Crippen LogP contribution in [0.5, 0.6) is 11.5 Å². The predicted octanol–water partition coefficient (Wildman–Crippen LogP) is 3.51. The molecule has 0 bridgehead atoms. The third-order valence-corrected chi connectivity index (χ3v) is 3.92. The van der Waals surface area contributed by atoms with Gasteiger partial charge >= 0.3 is 0 Å². The average molecular weight is 351 g/mol. The highest BCUT2D eigenvalue weighted by atomic mass is 16.5. The minimum Gasteiger partial charge on any atom is -0.497 e. The van der Waals surface area contributed by atoms with Crippen molar-refractivity contribution in [3.05, 3.63) is 71.4 Å². The molecule has 0 spiro atoms. The molecular weight excluding hydrogens is 330 g/mol. The quantitative estimate of drug-likeness (QED) is 0.738. The van der Waals surface area contributed by atoms with Gasteiger partial charge in [0.25, 0.3) is 5.91 Å². The Bertz CT molecular complexity index is 896. The van der Waals surface area contributed by atoms with Crippen molar-refractivity contribution in [1.29, 1.82) is 0 Å². The summed E-state index contributed by atoms with van der Waals surface area (Å²) in [6, 6.07) is 15.0. The number of ether oxygens (including phenoxy) is 2. The van der Waals surface area contributed by atoms with Crippen LogP contribution in [0.2, 0.25) is 0 Å². The largest absolute Gasteiger partial charge is 0.497 e. The maximum Gasteiger partial charge on any atom is 0.257 e. The van der Waals surface area contributed by atoms with E-state index in [0.717, 1.165) is 5.56 Å². The molecular formula is C20H21N3O3. The van der Waals surface area contributed by atoms with Crippen LogP contribution in [0.25, 0.3) is 0 Å². The number of anilines is 1. The van der Waals surface area contributed by atoms with Crippen LogP contribution in [-0.2, 0) is 6.54 Å². The smallest absolute Gasteiger partial charge is 0.257 e. The first kappa shape index (κ1) is 17.5. The lowest BCUT2D eigenvalue weighted by Gasteiger charge is -2.08. The van der Waals surface area contributed by atoms with Gasteiger partial charge in [0.05, 0.1) is 20.8 Å². The topological polar surface area (TPSA) is 65.4 Å². The minimum absolute atomic E-state index is 0.275. The van der Waals surface area contributed by atoms with Gasteiger partial charge in [-0.25, -0.2) is 0 Å². The van der Waals surface area contributed by atoms with Gasteiger partial charge in [0.2, 0.25) is 0 Å². The van der Waals surface area contributed by atoms with E-state index in [2.05, 4.69) is 35.5 Å². The maximum absolute atomic E-state index is 12.5. The van der Waals surface area contributed by atoms with Gasteiger partial charge in [-0.2, -0.15) is 5.10 Å². The van der Waals surface area contributed by atoms with E-state index in [1.54, 1.807) is 43.2 Å². The molecule has 0 unspecified atom stereocenters. The van der Waals surface area contributed by atoms with Gasteiger partial charge in [0.1, 0.15) is 11.5 Å². The van der Waals surface area contributed by atoms with Gasteiger partial charge in [0.15, 0.2) is 5.82 Å². The molecule has 0 saturated carbocycles. The van der Waals surface area contributed by atoms with Gasteiger partial charge in [-0.3, -0.25) is 9.48 Å². The third kappa shape index (κ3) is 4.22. The summed E-state index contributed by atoms with van der Waals surface area (Å²) >= 11 is 0. The number of aryl methyl sites for hydroxylation is 1. The van der Waals surface area contributed by atoms with Crippen LogP contribution in [-0.4, -0.2) is 29.9 Å². The molecule has 0 fully saturated rings. The normalized spacial score (nSPS) is 10.4. The van der Waals surface area contributed by atoms with E-state index in [0.29, 0.717) is 29.4 Å². The lowest BCUT2D eigenvalue weighted by atomic mass is 10.1. The van der Waals surface area contributed by atoms with Crippen molar-refractivity contribution in [3.8, 4) is 11.5 Å². The lowest BCUT2D eigenvalue weighted by Crippen LogP contribution is -2.13. The van der Waals surface area contributed by atoms with Gasteiger partial charge < -0.3 is 14.8 Å². The van der Waals surface area contributed by atoms with Gasteiger partial charge in [-0.15, -0.1) is 0 Å². The standard InChI is InChI=1S/C20H21N3O3/c1-14-5-4-6-15(9-14)13-23-8-7-19(22-23)21-20(24)16-10-17(25-2)12-18(11-16)26-3/h4-12H,13H2,1-3H3,(H,21,22,24). The molecule has 1 aromatic heterocycles. The molecule has 0 aliphatic rings. The summed E-state index contributed by atoms with van der Waals surface area (Å²) in [5.74, 6) is 1.33. The minimum atomic E-state index is -0.275. The number of carbonyl (C=O) groups excluding carboxylic acids is 1. The highest BCUT2D eigenvalue weighted by molar-refractivity contribution is 6.04. The van der Waals surface area contributed by atoms with E-state index in [1.165, 1.54) is 5.56 Å². The number of nitrogens with one attached hydrogen (secondary N) is 1. The number of carbonyl (C=O) groups is 1. The van der Waals surface area contributed by atoms with Crippen LogP contribution >= 0.6 is 0 Å². The molecule has 0 saturated heterocycles. The number of aromatic nitrogens is 2. The van der Waals surface area contributed by atoms with Crippen LogP contribution in [0, 0.1) is 6.92 Å². The molecule has 3 rings (SSSR count). The second-order valence-electron chi connectivity index (χ2n) is 5.94. The number of rotatable bonds is 6. The SMILES string of the molecule is COc1cc(OC)cc(C(=O)Nc2ccn(Cc3cccc(C)c3)n2)c1. The summed E-state index contributed by atoms with van der Waals surface area (Å²) in [6.07, 6.45) is 1.84. The summed E-state index contributed by atoms with van der Waals surface area (Å²) in [4.78, 5) is 12.5. The van der Waals surface area contributed by atoms with Crippen LogP contribution in [0.15, 0.2) is 54.7 Å². The van der Waals surface area contributed by atoms with E-state index in [4.69, 9.17) is 9.47 Å². The van der Waals surface area contributed by atoms with Crippen molar-refractivity contribution >= 4 is 11.7 Å². The van der Waals surface area contributed by atoms with E-state index in [9.17, 15) is 4.79 Å². The fourth-order valence-corrected chi connectivity index (χ4v) is 2.64. The fourth-order valence-electron chi connectivity index (χ4n) is 2.64. The Morgan fingerprint density at radius 3 is 2.46 bits per heavy atom. The van der Waals surface area contributed by atoms with Crippen molar-refractivity contribution in [2.45, 2.75) is 13.5 Å². The molecule has 3 aromatic rings. The lowest BCUT2D eigenvalue weighted by molar-refractivity contribution is 0.102. The molecule has 0 atom stereocenters. The van der Waals surface area contributed by atoms with Crippen LogP contribution in [0.3, 0.4) is 0 Å². The van der Waals surface area contributed by atoms with Gasteiger partial charge in [0, 0.05) is 23.9 Å². The second-order valence-corrected chi connectivity index (χ2v) is 5.94. The highest BCUT2D eigenvalue weighted by Gasteiger charge is 2.11. The Morgan fingerprint density at radius 1 is 1.08 bits per heavy atom. The molecule has 0 aliphatic carbocycles. The van der Waals surface area contributed by atoms with E-state index in [1.807, 2.05) is 12.3 Å². The summed E-state index contributed by atoms with van der Waals surface area (Å²) in [5, 5.41) is 7.20. The Labute approximate surface area is 152 Å². The Morgan fingerprint density at radius 2 is 1.81 bits per heavy atom. The van der Waals surface area contributed by atoms with E-state index >= 15 is 0 Å². The molecule has 1 amide bonds. The maximum atomic E-state index is 12.5. The molecule has 0 radical (unpaired) electrons. The molecule has 0 aliphatic heterocycles. The molecule has 2 aromatic carbocycles. The number of amides is 1. The first-order valence-corrected chi connectivity index (χ1v) is 8.21. The fraction of sp³-hybridized carbons (Fsp3) is 0.200. The highest BCUT2D eigenvalue weighted by Crippen LogP contribution is 2.23. The van der Waals surface area contributed by atoms with Crippen molar-refractivity contribution in [3.63, 3.8) is 0 Å². The Hall–Kier alpha value is -3.28. The summed E-state index contributed by atoms with van der Waals surface area (Å²) < 4.78 is 12.2.